The molecule has 93 valence electrons. The number of carboxylic acid groups (broad SMARTS) is 1. The standard InChI is InChI=1S/C7H7NO4S.C3H7B.K/c8-13(11,12)6-3-1-2-5(4-6)7(9)10;1-3-4-2;/h1-4H,(H3,8,9,10,11,12);2-3H2,1H3;/q;-1;+1/p-1. The molecule has 0 amide bonds. The molecule has 0 spiro atoms. The zero-order valence-corrected chi connectivity index (χ0v) is 14.3. The molecule has 1 aromatic carbocycles. The van der Waals surface area contributed by atoms with E-state index in [1.54, 1.807) is 0 Å². The van der Waals surface area contributed by atoms with Crippen molar-refractivity contribution in [3.05, 3.63) is 41.8 Å². The van der Waals surface area contributed by atoms with Gasteiger partial charge in [0, 0.05) is 4.90 Å². The summed E-state index contributed by atoms with van der Waals surface area (Å²) in [6.07, 6.45) is 1.08. The predicted molar refractivity (Wildman–Crippen MR) is 66.5 cm³/mol. The summed E-state index contributed by atoms with van der Waals surface area (Å²) in [5.74, 6) is -1.22. The number of benzene rings is 1. The molecule has 0 heterocycles. The van der Waals surface area contributed by atoms with Crippen LogP contribution in [-0.4, -0.2) is 26.8 Å². The number of carbonyl (C=O) groups is 1. The first-order valence-corrected chi connectivity index (χ1v) is 6.25. The number of hydrogen-bond donors (Lipinski definition) is 1. The van der Waals surface area contributed by atoms with Crippen LogP contribution in [0.1, 0.15) is 17.3 Å². The number of sulfonamides is 1. The summed E-state index contributed by atoms with van der Waals surface area (Å²) >= 11 is 0. The van der Waals surface area contributed by atoms with Crippen molar-refractivity contribution in [1.29, 1.82) is 0 Å². The van der Waals surface area contributed by atoms with Crippen LogP contribution in [0.25, 0.3) is 5.14 Å². The molecule has 0 saturated carbocycles. The van der Waals surface area contributed by atoms with E-state index < -0.39 is 16.0 Å². The van der Waals surface area contributed by atoms with Gasteiger partial charge in [0.25, 0.3) is 0 Å². The minimum atomic E-state index is -4.07. The Morgan fingerprint density at radius 2 is 2.00 bits per heavy atom. The average molecular weight is 293 g/mol. The second-order valence-electron chi connectivity index (χ2n) is 3.03. The Balaban J connectivity index is 0. The minimum Gasteiger partial charge on any atom is -0.560 e. The molecule has 1 rings (SSSR count). The van der Waals surface area contributed by atoms with Gasteiger partial charge in [0.2, 0.25) is 0 Å². The number of nitrogens with one attached hydrogen (secondary N) is 1. The molecule has 2 N–H and O–H groups in total. The summed E-state index contributed by atoms with van der Waals surface area (Å²) in [6.45, 7) is 5.54. The quantitative estimate of drug-likeness (QED) is 0.574. The average Bonchev–Trinajstić information content (AvgIpc) is 2.28. The van der Waals surface area contributed by atoms with Gasteiger partial charge in [-0.3, -0.25) is 0 Å². The van der Waals surface area contributed by atoms with Crippen molar-refractivity contribution in [2.45, 2.75) is 18.1 Å². The fraction of sp³-hybridized carbons (Fsp3) is 0.200. The van der Waals surface area contributed by atoms with E-state index in [4.69, 9.17) is 10.2 Å². The van der Waals surface area contributed by atoms with E-state index in [1.165, 1.54) is 18.2 Å². The monoisotopic (exact) mass is 293 g/mol. The zero-order valence-electron chi connectivity index (χ0n) is 10.4. The molecule has 1 radical (unpaired) electrons. The summed E-state index contributed by atoms with van der Waals surface area (Å²) < 4.78 is 21.4. The molecule has 0 saturated heterocycles. The summed E-state index contributed by atoms with van der Waals surface area (Å²) in [5.41, 5.74) is -0.145. The van der Waals surface area contributed by atoms with Crippen molar-refractivity contribution in [3.63, 3.8) is 0 Å². The van der Waals surface area contributed by atoms with Gasteiger partial charge in [-0.15, -0.1) is 6.32 Å². The first-order chi connectivity index (χ1) is 7.82. The normalized spacial score (nSPS) is 9.50. The fourth-order valence-electron chi connectivity index (χ4n) is 0.796. The van der Waals surface area contributed by atoms with E-state index in [1.807, 2.05) is 7.28 Å². The van der Waals surface area contributed by atoms with Gasteiger partial charge in [-0.05, 0) is 18.2 Å². The molecule has 0 aliphatic carbocycles. The van der Waals surface area contributed by atoms with Crippen LogP contribution in [0.15, 0.2) is 29.2 Å². The Kier molecular flexibility index (Phi) is 11.6. The maximum atomic E-state index is 10.7. The largest absolute Gasteiger partial charge is 1.00 e. The zero-order chi connectivity index (χ0) is 13.5. The van der Waals surface area contributed by atoms with Crippen LogP contribution in [0, 0.1) is 6.82 Å². The topological polar surface area (TPSA) is 95.2 Å². The molecule has 0 atom stereocenters. The Morgan fingerprint density at radius 3 is 2.33 bits per heavy atom. The molecule has 5 nitrogen and oxygen atoms in total. The maximum Gasteiger partial charge on any atom is 1.00 e. The van der Waals surface area contributed by atoms with E-state index in [2.05, 4.69) is 13.7 Å². The van der Waals surface area contributed by atoms with Crippen LogP contribution in [0.3, 0.4) is 0 Å². The van der Waals surface area contributed by atoms with Crippen LogP contribution in [0.4, 0.5) is 0 Å². The Hall–Kier alpha value is 0.301. The fourth-order valence-corrected chi connectivity index (χ4v) is 1.34. The third-order valence-electron chi connectivity index (χ3n) is 1.68. The Bertz CT molecular complexity index is 477. The van der Waals surface area contributed by atoms with Gasteiger partial charge in [-0.2, -0.15) is 0 Å². The van der Waals surface area contributed by atoms with Crippen molar-refractivity contribution >= 4 is 23.3 Å². The molecule has 0 aliphatic heterocycles. The molecular formula is C10H13BKNO4S-. The Labute approximate surface area is 151 Å². The number of carboxylic acids is 1. The molecule has 0 aliphatic rings. The predicted octanol–water partition coefficient (Wildman–Crippen LogP) is -0.950. The smallest absolute Gasteiger partial charge is 0.560 e. The minimum absolute atomic E-state index is 0. The molecule has 0 aromatic heterocycles. The number of aromatic carboxylic acids is 1. The van der Waals surface area contributed by atoms with Gasteiger partial charge < -0.3 is 17.1 Å². The van der Waals surface area contributed by atoms with Crippen molar-refractivity contribution < 1.29 is 69.7 Å². The summed E-state index contributed by atoms with van der Waals surface area (Å²) in [6, 6.07) is 4.67. The van der Waals surface area contributed by atoms with Crippen molar-refractivity contribution in [3.8, 4) is 0 Å². The van der Waals surface area contributed by atoms with Crippen LogP contribution in [-0.2, 0) is 10.0 Å². The maximum absolute atomic E-state index is 10.7. The van der Waals surface area contributed by atoms with Crippen molar-refractivity contribution in [2.75, 3.05) is 0 Å². The summed E-state index contributed by atoms with van der Waals surface area (Å²) in [4.78, 5) is 10.1. The van der Waals surface area contributed by atoms with Crippen LogP contribution < -0.4 is 51.4 Å². The van der Waals surface area contributed by atoms with Crippen LogP contribution in [0.2, 0.25) is 6.32 Å². The molecule has 0 unspecified atom stereocenters. The van der Waals surface area contributed by atoms with Gasteiger partial charge in [-0.1, -0.05) is 20.3 Å². The molecule has 1 aromatic rings. The van der Waals surface area contributed by atoms with E-state index in [0.717, 1.165) is 12.4 Å². The first-order valence-electron chi connectivity index (χ1n) is 4.76. The van der Waals surface area contributed by atoms with Gasteiger partial charge in [0.05, 0.1) is 15.6 Å². The van der Waals surface area contributed by atoms with Crippen molar-refractivity contribution in [1.82, 2.24) is 0 Å². The third-order valence-corrected chi connectivity index (χ3v) is 2.55. The van der Waals surface area contributed by atoms with Gasteiger partial charge in [0.15, 0.2) is 0 Å². The molecule has 18 heavy (non-hydrogen) atoms. The van der Waals surface area contributed by atoms with Gasteiger partial charge in [-0.25, -0.2) is 13.2 Å². The summed E-state index contributed by atoms with van der Waals surface area (Å²) in [5, 5.41) is 15.2. The van der Waals surface area contributed by atoms with E-state index in [0.29, 0.717) is 0 Å². The number of rotatable bonds is 3. The van der Waals surface area contributed by atoms with Gasteiger partial charge >= 0.3 is 57.4 Å². The van der Waals surface area contributed by atoms with Crippen LogP contribution in [0.5, 0.6) is 0 Å². The summed E-state index contributed by atoms with van der Waals surface area (Å²) in [7, 11) is -2.20. The molecular weight excluding hydrogens is 280 g/mol. The molecule has 8 heteroatoms. The first kappa shape index (κ1) is 20.6. The van der Waals surface area contributed by atoms with E-state index in [-0.39, 0.29) is 61.8 Å². The van der Waals surface area contributed by atoms with Gasteiger partial charge in [0.1, 0.15) is 0 Å². The molecule has 0 fully saturated rings. The van der Waals surface area contributed by atoms with E-state index in [9.17, 15) is 13.2 Å². The van der Waals surface area contributed by atoms with E-state index >= 15 is 0 Å². The van der Waals surface area contributed by atoms with Crippen molar-refractivity contribution in [2.24, 2.45) is 0 Å². The second kappa shape index (κ2) is 10.1. The third kappa shape index (κ3) is 8.41. The van der Waals surface area contributed by atoms with Crippen LogP contribution >= 0.6 is 0 Å². The number of hydrogen-bond acceptors (Lipinski definition) is 3. The molecule has 0 bridgehead atoms. The SMILES string of the molecule is [CH2-][B]CC.[K+].[NH-]S(=O)(=O)c1cccc(C(=O)O)c1. The Morgan fingerprint density at radius 1 is 1.50 bits per heavy atom. The second-order valence-corrected chi connectivity index (χ2v) is 4.51.